The first-order chi connectivity index (χ1) is 10.7. The number of rotatable bonds is 4. The SMILES string of the molecule is COc1ccc(COc2cn(C)c3ccccc3c2=O)cc1. The summed E-state index contributed by atoms with van der Waals surface area (Å²) in [5.74, 6) is 1.15. The first kappa shape index (κ1) is 14.2. The second kappa shape index (κ2) is 5.93. The number of para-hydroxylation sites is 1. The van der Waals surface area contributed by atoms with E-state index < -0.39 is 0 Å². The molecule has 0 N–H and O–H groups in total. The van der Waals surface area contributed by atoms with E-state index in [1.807, 2.05) is 60.1 Å². The van der Waals surface area contributed by atoms with Crippen LogP contribution in [0.4, 0.5) is 0 Å². The van der Waals surface area contributed by atoms with Crippen molar-refractivity contribution in [3.63, 3.8) is 0 Å². The maximum Gasteiger partial charge on any atom is 0.231 e. The number of aryl methyl sites for hydroxylation is 1. The summed E-state index contributed by atoms with van der Waals surface area (Å²) in [6.07, 6.45) is 1.73. The van der Waals surface area contributed by atoms with E-state index >= 15 is 0 Å². The van der Waals surface area contributed by atoms with Crippen LogP contribution in [0.25, 0.3) is 10.9 Å². The summed E-state index contributed by atoms with van der Waals surface area (Å²) in [5, 5.41) is 0.664. The summed E-state index contributed by atoms with van der Waals surface area (Å²) < 4.78 is 12.7. The zero-order valence-corrected chi connectivity index (χ0v) is 12.6. The lowest BCUT2D eigenvalue weighted by Gasteiger charge is -2.10. The molecule has 112 valence electrons. The van der Waals surface area contributed by atoms with Crippen LogP contribution in [0.3, 0.4) is 0 Å². The molecular formula is C18H17NO3. The molecule has 1 aromatic heterocycles. The van der Waals surface area contributed by atoms with Crippen LogP contribution in [0, 0.1) is 0 Å². The smallest absolute Gasteiger partial charge is 0.231 e. The molecule has 0 aliphatic rings. The van der Waals surface area contributed by atoms with Gasteiger partial charge in [-0.3, -0.25) is 4.79 Å². The summed E-state index contributed by atoms with van der Waals surface area (Å²) in [5.41, 5.74) is 1.79. The van der Waals surface area contributed by atoms with Crippen molar-refractivity contribution >= 4 is 10.9 Å². The van der Waals surface area contributed by atoms with Crippen LogP contribution >= 0.6 is 0 Å². The zero-order valence-electron chi connectivity index (χ0n) is 12.6. The fourth-order valence-electron chi connectivity index (χ4n) is 2.40. The van der Waals surface area contributed by atoms with E-state index in [1.165, 1.54) is 0 Å². The molecule has 0 saturated carbocycles. The van der Waals surface area contributed by atoms with Crippen LogP contribution in [0.15, 0.2) is 59.5 Å². The molecular weight excluding hydrogens is 278 g/mol. The van der Waals surface area contributed by atoms with Crippen molar-refractivity contribution in [1.82, 2.24) is 4.57 Å². The van der Waals surface area contributed by atoms with Gasteiger partial charge in [0.1, 0.15) is 12.4 Å². The largest absolute Gasteiger partial charge is 0.497 e. The highest BCUT2D eigenvalue weighted by molar-refractivity contribution is 5.80. The van der Waals surface area contributed by atoms with Gasteiger partial charge < -0.3 is 14.0 Å². The molecule has 0 atom stereocenters. The number of pyridine rings is 1. The Hall–Kier alpha value is -2.75. The predicted octanol–water partition coefficient (Wildman–Crippen LogP) is 3.13. The van der Waals surface area contributed by atoms with Gasteiger partial charge in [-0.15, -0.1) is 0 Å². The minimum atomic E-state index is -0.0813. The minimum Gasteiger partial charge on any atom is -0.497 e. The molecule has 3 rings (SSSR count). The van der Waals surface area contributed by atoms with E-state index in [-0.39, 0.29) is 5.43 Å². The van der Waals surface area contributed by atoms with Crippen molar-refractivity contribution in [3.8, 4) is 11.5 Å². The highest BCUT2D eigenvalue weighted by Gasteiger charge is 2.08. The molecule has 0 saturated heterocycles. The summed E-state index contributed by atoms with van der Waals surface area (Å²) in [6, 6.07) is 15.1. The number of hydrogen-bond donors (Lipinski definition) is 0. The predicted molar refractivity (Wildman–Crippen MR) is 86.5 cm³/mol. The molecule has 4 nitrogen and oxygen atoms in total. The van der Waals surface area contributed by atoms with Gasteiger partial charge in [0.05, 0.1) is 18.8 Å². The van der Waals surface area contributed by atoms with Crippen molar-refractivity contribution < 1.29 is 9.47 Å². The first-order valence-corrected chi connectivity index (χ1v) is 7.03. The molecule has 0 aliphatic heterocycles. The Morgan fingerprint density at radius 1 is 1.05 bits per heavy atom. The van der Waals surface area contributed by atoms with E-state index in [4.69, 9.17) is 9.47 Å². The third-order valence-corrected chi connectivity index (χ3v) is 3.62. The van der Waals surface area contributed by atoms with Gasteiger partial charge in [0.15, 0.2) is 5.75 Å². The normalized spacial score (nSPS) is 10.6. The van der Waals surface area contributed by atoms with E-state index in [0.717, 1.165) is 16.8 Å². The highest BCUT2D eigenvalue weighted by Crippen LogP contribution is 2.16. The lowest BCUT2D eigenvalue weighted by Crippen LogP contribution is -2.12. The van der Waals surface area contributed by atoms with Crippen molar-refractivity contribution in [2.75, 3.05) is 7.11 Å². The minimum absolute atomic E-state index is 0.0813. The van der Waals surface area contributed by atoms with Gasteiger partial charge in [-0.1, -0.05) is 24.3 Å². The van der Waals surface area contributed by atoms with E-state index in [0.29, 0.717) is 17.7 Å². The van der Waals surface area contributed by atoms with E-state index in [1.54, 1.807) is 13.3 Å². The lowest BCUT2D eigenvalue weighted by molar-refractivity contribution is 0.301. The van der Waals surface area contributed by atoms with Crippen LogP contribution in [0.1, 0.15) is 5.56 Å². The van der Waals surface area contributed by atoms with Crippen LogP contribution in [0.2, 0.25) is 0 Å². The molecule has 3 aromatic rings. The molecule has 0 aliphatic carbocycles. The third kappa shape index (κ3) is 2.68. The van der Waals surface area contributed by atoms with Gasteiger partial charge in [-0.25, -0.2) is 0 Å². The van der Waals surface area contributed by atoms with Gasteiger partial charge >= 0.3 is 0 Å². The summed E-state index contributed by atoms with van der Waals surface area (Å²) in [7, 11) is 3.53. The molecule has 0 amide bonds. The van der Waals surface area contributed by atoms with E-state index in [9.17, 15) is 4.79 Å². The molecule has 0 unspecified atom stereocenters. The number of hydrogen-bond acceptors (Lipinski definition) is 3. The van der Waals surface area contributed by atoms with Crippen molar-refractivity contribution in [2.24, 2.45) is 7.05 Å². The summed E-state index contributed by atoms with van der Waals surface area (Å²) in [6.45, 7) is 0.345. The number of ether oxygens (including phenoxy) is 2. The Labute approximate surface area is 128 Å². The van der Waals surface area contributed by atoms with Crippen LogP contribution in [0.5, 0.6) is 11.5 Å². The zero-order chi connectivity index (χ0) is 15.5. The molecule has 0 radical (unpaired) electrons. The monoisotopic (exact) mass is 295 g/mol. The number of aromatic nitrogens is 1. The van der Waals surface area contributed by atoms with Gasteiger partial charge in [-0.2, -0.15) is 0 Å². The Bertz CT molecular complexity index is 850. The average molecular weight is 295 g/mol. The van der Waals surface area contributed by atoms with Crippen LogP contribution < -0.4 is 14.9 Å². The molecule has 4 heteroatoms. The van der Waals surface area contributed by atoms with Crippen molar-refractivity contribution in [2.45, 2.75) is 6.61 Å². The molecule has 22 heavy (non-hydrogen) atoms. The van der Waals surface area contributed by atoms with Gasteiger partial charge in [0, 0.05) is 12.4 Å². The molecule has 0 bridgehead atoms. The molecule has 2 aromatic carbocycles. The van der Waals surface area contributed by atoms with Crippen molar-refractivity contribution in [3.05, 3.63) is 70.5 Å². The Morgan fingerprint density at radius 2 is 1.77 bits per heavy atom. The Balaban J connectivity index is 1.87. The van der Waals surface area contributed by atoms with Crippen molar-refractivity contribution in [1.29, 1.82) is 0 Å². The van der Waals surface area contributed by atoms with Crippen LogP contribution in [-0.2, 0) is 13.7 Å². The lowest BCUT2D eigenvalue weighted by atomic mass is 10.2. The average Bonchev–Trinajstić information content (AvgIpc) is 2.57. The highest BCUT2D eigenvalue weighted by atomic mass is 16.5. The van der Waals surface area contributed by atoms with Gasteiger partial charge in [0.25, 0.3) is 0 Å². The Morgan fingerprint density at radius 3 is 2.50 bits per heavy atom. The number of methoxy groups -OCH3 is 1. The Kier molecular flexibility index (Phi) is 3.83. The van der Waals surface area contributed by atoms with Gasteiger partial charge in [0.2, 0.25) is 5.43 Å². The van der Waals surface area contributed by atoms with Gasteiger partial charge in [-0.05, 0) is 29.8 Å². The number of fused-ring (bicyclic) bond motifs is 1. The second-order valence-electron chi connectivity index (χ2n) is 5.09. The van der Waals surface area contributed by atoms with E-state index in [2.05, 4.69) is 0 Å². The number of benzene rings is 2. The first-order valence-electron chi connectivity index (χ1n) is 7.03. The maximum atomic E-state index is 12.4. The fraction of sp³-hybridized carbons (Fsp3) is 0.167. The number of nitrogens with zero attached hydrogens (tertiary/aromatic N) is 1. The molecule has 0 spiro atoms. The maximum absolute atomic E-state index is 12.4. The summed E-state index contributed by atoms with van der Waals surface area (Å²) in [4.78, 5) is 12.4. The second-order valence-corrected chi connectivity index (χ2v) is 5.09. The summed E-state index contributed by atoms with van der Waals surface area (Å²) >= 11 is 0. The van der Waals surface area contributed by atoms with Crippen LogP contribution in [-0.4, -0.2) is 11.7 Å². The standard InChI is InChI=1S/C18H17NO3/c1-19-11-17(18(20)15-5-3-4-6-16(15)19)22-12-13-7-9-14(21-2)10-8-13/h3-11H,12H2,1-2H3. The third-order valence-electron chi connectivity index (χ3n) is 3.62. The molecule has 1 heterocycles. The quantitative estimate of drug-likeness (QED) is 0.742. The molecule has 0 fully saturated rings. The fourth-order valence-corrected chi connectivity index (χ4v) is 2.40. The topological polar surface area (TPSA) is 40.5 Å².